The molecule has 0 unspecified atom stereocenters. The van der Waals surface area contributed by atoms with E-state index in [0.29, 0.717) is 26.4 Å². The highest BCUT2D eigenvalue weighted by Crippen LogP contribution is 2.37. The molecular weight excluding hydrogens is 559 g/mol. The van der Waals surface area contributed by atoms with Crippen molar-refractivity contribution in [2.24, 2.45) is 0 Å². The number of carbonyl (C=O) groups is 2. The van der Waals surface area contributed by atoms with Gasteiger partial charge in [-0.15, -0.1) is 0 Å². The van der Waals surface area contributed by atoms with Gasteiger partial charge in [-0.1, -0.05) is 41.7 Å². The van der Waals surface area contributed by atoms with Crippen molar-refractivity contribution in [2.75, 3.05) is 19.0 Å². The fraction of sp³-hybridized carbons (Fsp3) is 0.261. The van der Waals surface area contributed by atoms with E-state index in [0.717, 1.165) is 14.7 Å². The fourth-order valence-electron chi connectivity index (χ4n) is 3.01. The number of benzene rings is 2. The van der Waals surface area contributed by atoms with E-state index in [4.69, 9.17) is 21.7 Å². The van der Waals surface area contributed by atoms with Gasteiger partial charge in [0, 0.05) is 11.7 Å². The molecule has 1 N–H and O–H groups in total. The molecule has 168 valence electrons. The van der Waals surface area contributed by atoms with E-state index in [1.165, 1.54) is 18.9 Å². The monoisotopic (exact) mass is 582 g/mol. The zero-order valence-electron chi connectivity index (χ0n) is 18.1. The van der Waals surface area contributed by atoms with Crippen LogP contribution in [0.25, 0.3) is 6.08 Å². The molecule has 0 radical (unpaired) electrons. The molecule has 9 heteroatoms. The Labute approximate surface area is 210 Å². The fourth-order valence-corrected chi connectivity index (χ4v) is 5.32. The van der Waals surface area contributed by atoms with Crippen molar-refractivity contribution in [2.45, 2.75) is 26.8 Å². The number of rotatable bonds is 7. The molecule has 2 aromatic carbocycles. The average Bonchev–Trinajstić information content (AvgIpc) is 3.01. The van der Waals surface area contributed by atoms with Crippen LogP contribution in [0.15, 0.2) is 41.3 Å². The molecule has 2 amide bonds. The van der Waals surface area contributed by atoms with E-state index in [1.54, 1.807) is 17.0 Å². The number of carbonyl (C=O) groups excluding carboxylic acids is 2. The predicted molar refractivity (Wildman–Crippen MR) is 141 cm³/mol. The Morgan fingerprint density at radius 3 is 2.56 bits per heavy atom. The number of ether oxygens (including phenoxy) is 2. The summed E-state index contributed by atoms with van der Waals surface area (Å²) in [6.45, 7) is 5.69. The summed E-state index contributed by atoms with van der Waals surface area (Å²) in [5, 5.41) is 2.80. The van der Waals surface area contributed by atoms with Gasteiger partial charge in [0.05, 0.1) is 15.6 Å². The van der Waals surface area contributed by atoms with E-state index in [-0.39, 0.29) is 24.5 Å². The van der Waals surface area contributed by atoms with E-state index in [2.05, 4.69) is 27.9 Å². The first kappa shape index (κ1) is 24.5. The van der Waals surface area contributed by atoms with Gasteiger partial charge in [0.25, 0.3) is 11.8 Å². The van der Waals surface area contributed by atoms with Gasteiger partial charge in [-0.25, -0.2) is 0 Å². The second-order valence-corrected chi connectivity index (χ2v) is 10.2. The van der Waals surface area contributed by atoms with Gasteiger partial charge in [-0.05, 0) is 79.3 Å². The number of amides is 2. The van der Waals surface area contributed by atoms with Gasteiger partial charge in [0.1, 0.15) is 4.32 Å². The molecule has 2 aromatic rings. The first-order chi connectivity index (χ1) is 15.2. The van der Waals surface area contributed by atoms with Crippen LogP contribution in [0, 0.1) is 10.5 Å². The number of anilines is 1. The molecule has 32 heavy (non-hydrogen) atoms. The Morgan fingerprint density at radius 2 is 1.97 bits per heavy atom. The van der Waals surface area contributed by atoms with E-state index in [1.807, 2.05) is 51.1 Å². The highest BCUT2D eigenvalue weighted by atomic mass is 127. The molecule has 6 nitrogen and oxygen atoms in total. The van der Waals surface area contributed by atoms with Crippen LogP contribution >= 0.6 is 46.6 Å². The van der Waals surface area contributed by atoms with Crippen LogP contribution < -0.4 is 14.8 Å². The minimum Gasteiger partial charge on any atom is -0.493 e. The number of nitrogens with zero attached hydrogens (tertiary/aromatic N) is 1. The molecule has 0 atom stereocenters. The van der Waals surface area contributed by atoms with E-state index < -0.39 is 0 Å². The summed E-state index contributed by atoms with van der Waals surface area (Å²) < 4.78 is 12.6. The maximum absolute atomic E-state index is 12.7. The van der Waals surface area contributed by atoms with Crippen LogP contribution in [0.4, 0.5) is 5.69 Å². The Morgan fingerprint density at radius 1 is 1.28 bits per heavy atom. The van der Waals surface area contributed by atoms with Gasteiger partial charge >= 0.3 is 0 Å². The minimum atomic E-state index is -0.270. The summed E-state index contributed by atoms with van der Waals surface area (Å²) in [5.41, 5.74) is 2.61. The zero-order valence-corrected chi connectivity index (χ0v) is 21.9. The van der Waals surface area contributed by atoms with Gasteiger partial charge < -0.3 is 14.8 Å². The summed E-state index contributed by atoms with van der Waals surface area (Å²) >= 11 is 8.75. The van der Waals surface area contributed by atoms with Gasteiger partial charge in [-0.2, -0.15) is 0 Å². The molecule has 3 rings (SSSR count). The normalized spacial score (nSPS) is 14.9. The van der Waals surface area contributed by atoms with Crippen molar-refractivity contribution >= 4 is 74.5 Å². The Kier molecular flexibility index (Phi) is 8.18. The molecule has 0 spiro atoms. The third kappa shape index (κ3) is 5.81. The summed E-state index contributed by atoms with van der Waals surface area (Å²) in [7, 11) is 1.53. The van der Waals surface area contributed by atoms with Crippen LogP contribution in [-0.2, 0) is 9.59 Å². The van der Waals surface area contributed by atoms with Crippen molar-refractivity contribution in [3.63, 3.8) is 0 Å². The first-order valence-electron chi connectivity index (χ1n) is 9.83. The number of aryl methyl sites for hydroxylation is 1. The summed E-state index contributed by atoms with van der Waals surface area (Å²) in [6, 6.07) is 11.2. The molecule has 1 aliphatic rings. The maximum Gasteiger partial charge on any atom is 0.266 e. The molecule has 1 fully saturated rings. The van der Waals surface area contributed by atoms with Crippen molar-refractivity contribution in [3.05, 3.63) is 56.0 Å². The summed E-state index contributed by atoms with van der Waals surface area (Å²) in [5.74, 6) is 0.579. The van der Waals surface area contributed by atoms with Crippen LogP contribution in [0.3, 0.4) is 0 Å². The highest BCUT2D eigenvalue weighted by molar-refractivity contribution is 14.1. The van der Waals surface area contributed by atoms with Crippen LogP contribution in [0.1, 0.15) is 25.0 Å². The molecular formula is C23H23IN2O4S2. The lowest BCUT2D eigenvalue weighted by Gasteiger charge is -2.18. The largest absolute Gasteiger partial charge is 0.493 e. The quantitative estimate of drug-likeness (QED) is 0.274. The Bertz CT molecular complexity index is 1080. The molecule has 0 bridgehead atoms. The smallest absolute Gasteiger partial charge is 0.266 e. The topological polar surface area (TPSA) is 67.9 Å². The number of hydrogen-bond acceptors (Lipinski definition) is 6. The molecule has 0 aliphatic carbocycles. The van der Waals surface area contributed by atoms with Crippen molar-refractivity contribution < 1.29 is 19.1 Å². The average molecular weight is 582 g/mol. The standard InChI is InChI=1S/C23H23IN2O4S2/c1-13(2)26-22(28)19(32-23(26)31)11-15-9-17(24)21(18(10-15)29-4)30-12-20(27)25-16-7-5-14(3)6-8-16/h5-11,13H,12H2,1-4H3,(H,25,27)/b19-11-. The third-order valence-electron chi connectivity index (χ3n) is 4.57. The molecule has 0 saturated carbocycles. The highest BCUT2D eigenvalue weighted by Gasteiger charge is 2.33. The van der Waals surface area contributed by atoms with Crippen molar-refractivity contribution in [1.29, 1.82) is 0 Å². The zero-order chi connectivity index (χ0) is 23.4. The number of methoxy groups -OCH3 is 1. The number of thiocarbonyl (C=S) groups is 1. The lowest BCUT2D eigenvalue weighted by atomic mass is 10.1. The number of thioether (sulfide) groups is 1. The Balaban J connectivity index is 1.74. The van der Waals surface area contributed by atoms with Gasteiger partial charge in [-0.3, -0.25) is 14.5 Å². The first-order valence-corrected chi connectivity index (χ1v) is 12.1. The summed E-state index contributed by atoms with van der Waals surface area (Å²) in [4.78, 5) is 27.1. The summed E-state index contributed by atoms with van der Waals surface area (Å²) in [6.07, 6.45) is 1.79. The molecule has 1 aliphatic heterocycles. The molecule has 1 saturated heterocycles. The molecule has 1 heterocycles. The Hall–Kier alpha value is -2.11. The molecule has 0 aromatic heterocycles. The van der Waals surface area contributed by atoms with E-state index in [9.17, 15) is 9.59 Å². The lowest BCUT2D eigenvalue weighted by Crippen LogP contribution is -2.34. The van der Waals surface area contributed by atoms with Crippen LogP contribution in [0.2, 0.25) is 0 Å². The van der Waals surface area contributed by atoms with Gasteiger partial charge in [0.15, 0.2) is 18.1 Å². The SMILES string of the molecule is COc1cc(/C=C2\SC(=S)N(C(C)C)C2=O)cc(I)c1OCC(=O)Nc1ccc(C)cc1. The predicted octanol–water partition coefficient (Wildman–Crippen LogP) is 5.24. The maximum atomic E-state index is 12.7. The number of nitrogens with one attached hydrogen (secondary N) is 1. The van der Waals surface area contributed by atoms with Crippen molar-refractivity contribution in [3.8, 4) is 11.5 Å². The number of hydrogen-bond donors (Lipinski definition) is 1. The second-order valence-electron chi connectivity index (χ2n) is 7.38. The van der Waals surface area contributed by atoms with E-state index >= 15 is 0 Å². The van der Waals surface area contributed by atoms with Crippen LogP contribution in [0.5, 0.6) is 11.5 Å². The van der Waals surface area contributed by atoms with Crippen molar-refractivity contribution in [1.82, 2.24) is 4.90 Å². The second kappa shape index (κ2) is 10.7. The lowest BCUT2D eigenvalue weighted by molar-refractivity contribution is -0.123. The van der Waals surface area contributed by atoms with Gasteiger partial charge in [0.2, 0.25) is 0 Å². The van der Waals surface area contributed by atoms with Crippen LogP contribution in [-0.4, -0.2) is 40.8 Å². The number of halogens is 1. The third-order valence-corrected chi connectivity index (χ3v) is 6.70. The minimum absolute atomic E-state index is 0.00454.